The van der Waals surface area contributed by atoms with Gasteiger partial charge in [0.2, 0.25) is 0 Å². The Kier molecular flexibility index (Phi) is 6.60. The third-order valence-electron chi connectivity index (χ3n) is 5.59. The van der Waals surface area contributed by atoms with Crippen molar-refractivity contribution in [3.05, 3.63) is 95.6 Å². The molecule has 9 nitrogen and oxygen atoms in total. The lowest BCUT2D eigenvalue weighted by Crippen LogP contribution is -2.30. The third-order valence-corrected chi connectivity index (χ3v) is 6.75. The zero-order chi connectivity index (χ0) is 26.0. The van der Waals surface area contributed by atoms with Crippen molar-refractivity contribution in [1.29, 1.82) is 0 Å². The molecule has 188 valence electrons. The fourth-order valence-corrected chi connectivity index (χ4v) is 4.77. The summed E-state index contributed by atoms with van der Waals surface area (Å²) < 4.78 is 36.7. The number of imide groups is 1. The molecule has 10 heteroatoms. The SMILES string of the molecule is Cc1cc(OCCCON2C(=O)c3ccccc3C2=O)cc(OS(=O)(=O)c2ccc3ccccc3n2)c1. The predicted molar refractivity (Wildman–Crippen MR) is 134 cm³/mol. The number of aromatic nitrogens is 1. The van der Waals surface area contributed by atoms with Crippen LogP contribution in [0.15, 0.2) is 83.9 Å². The minimum absolute atomic E-state index is 0.0721. The number of carbonyl (C=O) groups is 2. The minimum atomic E-state index is -4.17. The van der Waals surface area contributed by atoms with E-state index in [0.717, 1.165) is 16.0 Å². The van der Waals surface area contributed by atoms with E-state index in [2.05, 4.69) is 4.98 Å². The molecular weight excluding hydrogens is 496 g/mol. The van der Waals surface area contributed by atoms with Crippen molar-refractivity contribution in [3.63, 3.8) is 0 Å². The molecule has 4 aromatic rings. The summed E-state index contributed by atoms with van der Waals surface area (Å²) in [7, 11) is -4.17. The molecule has 0 bridgehead atoms. The van der Waals surface area contributed by atoms with E-state index in [1.807, 2.05) is 12.1 Å². The summed E-state index contributed by atoms with van der Waals surface area (Å²) in [6, 6.07) is 21.6. The van der Waals surface area contributed by atoms with E-state index < -0.39 is 21.9 Å². The molecule has 2 heterocycles. The van der Waals surface area contributed by atoms with Crippen LogP contribution in [0.3, 0.4) is 0 Å². The number of hydroxylamine groups is 2. The number of aryl methyl sites for hydroxylation is 1. The molecular formula is C27H22N2O7S. The molecule has 0 radical (unpaired) electrons. The molecule has 0 atom stereocenters. The van der Waals surface area contributed by atoms with Crippen molar-refractivity contribution in [2.45, 2.75) is 18.4 Å². The second-order valence-electron chi connectivity index (χ2n) is 8.35. The molecule has 2 amide bonds. The van der Waals surface area contributed by atoms with Crippen LogP contribution in [0.1, 0.15) is 32.7 Å². The highest BCUT2D eigenvalue weighted by atomic mass is 32.2. The van der Waals surface area contributed by atoms with Gasteiger partial charge in [-0.1, -0.05) is 30.3 Å². The van der Waals surface area contributed by atoms with Crippen molar-refractivity contribution < 1.29 is 31.8 Å². The van der Waals surface area contributed by atoms with Crippen molar-refractivity contribution >= 4 is 32.8 Å². The number of carbonyl (C=O) groups excluding carboxylic acids is 2. The first-order valence-corrected chi connectivity index (χ1v) is 12.9. The molecule has 0 N–H and O–H groups in total. The van der Waals surface area contributed by atoms with E-state index in [-0.39, 0.29) is 24.0 Å². The van der Waals surface area contributed by atoms with Gasteiger partial charge in [-0.2, -0.15) is 8.42 Å². The number of nitrogens with zero attached hydrogens (tertiary/aromatic N) is 2. The second-order valence-corrected chi connectivity index (χ2v) is 9.84. The number of ether oxygens (including phenoxy) is 1. The van der Waals surface area contributed by atoms with Crippen LogP contribution in [0.2, 0.25) is 0 Å². The number of fused-ring (bicyclic) bond motifs is 2. The Morgan fingerprint density at radius 3 is 2.24 bits per heavy atom. The van der Waals surface area contributed by atoms with E-state index in [0.29, 0.717) is 28.8 Å². The summed E-state index contributed by atoms with van der Waals surface area (Å²) in [4.78, 5) is 34.2. The number of rotatable bonds is 9. The van der Waals surface area contributed by atoms with E-state index in [1.54, 1.807) is 61.5 Å². The number of amides is 2. The maximum atomic E-state index is 12.8. The lowest BCUT2D eigenvalue weighted by atomic mass is 10.1. The molecule has 0 fully saturated rings. The Bertz CT molecular complexity index is 1580. The zero-order valence-corrected chi connectivity index (χ0v) is 20.6. The molecule has 0 saturated heterocycles. The minimum Gasteiger partial charge on any atom is -0.493 e. The molecule has 1 aromatic heterocycles. The highest BCUT2D eigenvalue weighted by Gasteiger charge is 2.36. The standard InChI is InChI=1S/C27H22N2O7S/c1-18-15-20(34-13-6-14-35-29-26(30)22-8-3-4-9-23(22)27(29)31)17-21(16-18)36-37(32,33)25-12-11-19-7-2-5-10-24(19)28-25/h2-5,7-12,15-17H,6,13-14H2,1H3. The Balaban J connectivity index is 1.18. The lowest BCUT2D eigenvalue weighted by Gasteiger charge is -2.14. The zero-order valence-electron chi connectivity index (χ0n) is 19.8. The van der Waals surface area contributed by atoms with Gasteiger partial charge in [0.15, 0.2) is 5.03 Å². The van der Waals surface area contributed by atoms with Gasteiger partial charge in [-0.3, -0.25) is 14.4 Å². The molecule has 0 spiro atoms. The van der Waals surface area contributed by atoms with Crippen LogP contribution in [0, 0.1) is 6.92 Å². The fourth-order valence-electron chi connectivity index (χ4n) is 3.89. The summed E-state index contributed by atoms with van der Waals surface area (Å²) in [6.07, 6.45) is 0.372. The number of para-hydroxylation sites is 1. The Labute approximate surface area is 213 Å². The predicted octanol–water partition coefficient (Wildman–Crippen LogP) is 4.31. The first kappa shape index (κ1) is 24.4. The Morgan fingerprint density at radius 1 is 0.811 bits per heavy atom. The average molecular weight is 519 g/mol. The first-order valence-electron chi connectivity index (χ1n) is 11.5. The second kappa shape index (κ2) is 10.00. The van der Waals surface area contributed by atoms with Gasteiger partial charge in [0.05, 0.1) is 29.9 Å². The first-order chi connectivity index (χ1) is 17.8. The van der Waals surface area contributed by atoms with Crippen LogP contribution in [0.4, 0.5) is 0 Å². The summed E-state index contributed by atoms with van der Waals surface area (Å²) in [5.41, 5.74) is 1.90. The Hall–Kier alpha value is -4.28. The summed E-state index contributed by atoms with van der Waals surface area (Å²) in [5, 5.41) is 1.38. The van der Waals surface area contributed by atoms with Crippen molar-refractivity contribution in [2.24, 2.45) is 0 Å². The Morgan fingerprint density at radius 2 is 1.49 bits per heavy atom. The molecule has 1 aliphatic heterocycles. The van der Waals surface area contributed by atoms with E-state index in [4.69, 9.17) is 13.8 Å². The van der Waals surface area contributed by atoms with Crippen LogP contribution in [0.5, 0.6) is 11.5 Å². The number of benzene rings is 3. The normalized spacial score (nSPS) is 13.2. The summed E-state index contributed by atoms with van der Waals surface area (Å²) >= 11 is 0. The fraction of sp³-hybridized carbons (Fsp3) is 0.148. The van der Waals surface area contributed by atoms with Gasteiger partial charge in [-0.05, 0) is 55.0 Å². The number of pyridine rings is 1. The average Bonchev–Trinajstić information content (AvgIpc) is 3.12. The molecule has 37 heavy (non-hydrogen) atoms. The summed E-state index contributed by atoms with van der Waals surface area (Å²) in [5.74, 6) is -0.502. The highest BCUT2D eigenvalue weighted by Crippen LogP contribution is 2.26. The van der Waals surface area contributed by atoms with E-state index in [1.165, 1.54) is 12.1 Å². The van der Waals surface area contributed by atoms with Crippen LogP contribution in [0.25, 0.3) is 10.9 Å². The molecule has 5 rings (SSSR count). The lowest BCUT2D eigenvalue weighted by molar-refractivity contribution is -0.0935. The van der Waals surface area contributed by atoms with Gasteiger partial charge < -0.3 is 8.92 Å². The molecule has 0 saturated carbocycles. The van der Waals surface area contributed by atoms with Crippen LogP contribution in [-0.2, 0) is 15.0 Å². The van der Waals surface area contributed by atoms with Gasteiger partial charge in [0.1, 0.15) is 11.5 Å². The van der Waals surface area contributed by atoms with E-state index in [9.17, 15) is 18.0 Å². The monoisotopic (exact) mass is 518 g/mol. The maximum Gasteiger partial charge on any atom is 0.356 e. The smallest absolute Gasteiger partial charge is 0.356 e. The third kappa shape index (κ3) is 5.16. The van der Waals surface area contributed by atoms with Crippen molar-refractivity contribution in [2.75, 3.05) is 13.2 Å². The van der Waals surface area contributed by atoms with Crippen molar-refractivity contribution in [1.82, 2.24) is 10.0 Å². The quantitative estimate of drug-likeness (QED) is 0.183. The molecule has 3 aromatic carbocycles. The number of hydrogen-bond acceptors (Lipinski definition) is 8. The van der Waals surface area contributed by atoms with Crippen LogP contribution < -0.4 is 8.92 Å². The maximum absolute atomic E-state index is 12.8. The van der Waals surface area contributed by atoms with Crippen LogP contribution in [-0.4, -0.2) is 43.5 Å². The summed E-state index contributed by atoms with van der Waals surface area (Å²) in [6.45, 7) is 2.06. The molecule has 0 unspecified atom stereocenters. The number of hydrogen-bond donors (Lipinski definition) is 0. The van der Waals surface area contributed by atoms with Crippen LogP contribution >= 0.6 is 0 Å². The molecule has 1 aliphatic rings. The van der Waals surface area contributed by atoms with Gasteiger partial charge in [0, 0.05) is 17.9 Å². The van der Waals surface area contributed by atoms with Gasteiger partial charge in [-0.25, -0.2) is 4.98 Å². The topological polar surface area (TPSA) is 112 Å². The highest BCUT2D eigenvalue weighted by molar-refractivity contribution is 7.87. The largest absolute Gasteiger partial charge is 0.493 e. The van der Waals surface area contributed by atoms with Crippen molar-refractivity contribution in [3.8, 4) is 11.5 Å². The van der Waals surface area contributed by atoms with Gasteiger partial charge in [0.25, 0.3) is 11.8 Å². The molecule has 0 aliphatic carbocycles. The van der Waals surface area contributed by atoms with Gasteiger partial charge >= 0.3 is 10.1 Å². The van der Waals surface area contributed by atoms with E-state index >= 15 is 0 Å². The van der Waals surface area contributed by atoms with Gasteiger partial charge in [-0.15, -0.1) is 5.06 Å².